The first-order chi connectivity index (χ1) is 18.0. The SMILES string of the molecule is C=C(CCC1CCc2cc(N(C)CC(=O)Nc3cccc(-n4c(=S)[nH][nH]c4=S)c3)ccc2C1)NS(C)(=O)=O. The van der Waals surface area contributed by atoms with Crippen molar-refractivity contribution in [1.82, 2.24) is 19.5 Å². The summed E-state index contributed by atoms with van der Waals surface area (Å²) in [4.78, 5) is 14.7. The van der Waals surface area contributed by atoms with Gasteiger partial charge in [-0.1, -0.05) is 18.7 Å². The van der Waals surface area contributed by atoms with E-state index in [0.717, 1.165) is 43.3 Å². The van der Waals surface area contributed by atoms with Crippen molar-refractivity contribution in [3.8, 4) is 5.69 Å². The highest BCUT2D eigenvalue weighted by molar-refractivity contribution is 7.88. The number of amides is 1. The Hall–Kier alpha value is -3.22. The molecule has 1 aromatic heterocycles. The normalized spacial score (nSPS) is 14.9. The lowest BCUT2D eigenvalue weighted by atomic mass is 9.81. The molecule has 3 aromatic rings. The van der Waals surface area contributed by atoms with Crippen LogP contribution in [0.2, 0.25) is 0 Å². The number of rotatable bonds is 10. The van der Waals surface area contributed by atoms with E-state index >= 15 is 0 Å². The van der Waals surface area contributed by atoms with Crippen molar-refractivity contribution in [3.63, 3.8) is 0 Å². The maximum Gasteiger partial charge on any atom is 0.243 e. The maximum atomic E-state index is 12.8. The number of aryl methyl sites for hydroxylation is 1. The van der Waals surface area contributed by atoms with E-state index in [2.05, 4.69) is 45.0 Å². The lowest BCUT2D eigenvalue weighted by Gasteiger charge is -2.27. The molecule has 4 N–H and O–H groups in total. The van der Waals surface area contributed by atoms with Crippen molar-refractivity contribution in [2.45, 2.75) is 32.1 Å². The fourth-order valence-corrected chi connectivity index (χ4v) is 5.95. The van der Waals surface area contributed by atoms with Crippen LogP contribution in [0, 0.1) is 15.5 Å². The van der Waals surface area contributed by atoms with Gasteiger partial charge in [-0.25, -0.2) is 8.42 Å². The summed E-state index contributed by atoms with van der Waals surface area (Å²) in [6.07, 6.45) is 5.62. The number of nitrogens with one attached hydrogen (secondary N) is 4. The Kier molecular flexibility index (Phi) is 8.54. The van der Waals surface area contributed by atoms with E-state index in [1.165, 1.54) is 11.1 Å². The highest BCUT2D eigenvalue weighted by atomic mass is 32.2. The van der Waals surface area contributed by atoms with Crippen LogP contribution in [-0.4, -0.2) is 48.9 Å². The summed E-state index contributed by atoms with van der Waals surface area (Å²) in [6.45, 7) is 4.03. The molecule has 2 aromatic carbocycles. The number of benzene rings is 2. The van der Waals surface area contributed by atoms with Gasteiger partial charge in [0.1, 0.15) is 0 Å². The number of hydrogen-bond donors (Lipinski definition) is 4. The molecule has 0 fully saturated rings. The zero-order chi connectivity index (χ0) is 27.4. The van der Waals surface area contributed by atoms with Gasteiger partial charge in [0.25, 0.3) is 0 Å². The summed E-state index contributed by atoms with van der Waals surface area (Å²) >= 11 is 10.6. The predicted octanol–water partition coefficient (Wildman–Crippen LogP) is 4.62. The van der Waals surface area contributed by atoms with E-state index in [1.54, 1.807) is 4.57 Å². The van der Waals surface area contributed by atoms with Crippen molar-refractivity contribution < 1.29 is 13.2 Å². The first-order valence-corrected chi connectivity index (χ1v) is 15.0. The Morgan fingerprint density at radius 2 is 1.89 bits per heavy atom. The monoisotopic (exact) mass is 572 g/mol. The maximum absolute atomic E-state index is 12.8. The Morgan fingerprint density at radius 1 is 1.16 bits per heavy atom. The smallest absolute Gasteiger partial charge is 0.243 e. The quantitative estimate of drug-likeness (QED) is 0.264. The van der Waals surface area contributed by atoms with Crippen molar-refractivity contribution in [2.75, 3.05) is 30.1 Å². The summed E-state index contributed by atoms with van der Waals surface area (Å²) in [5, 5.41) is 8.58. The van der Waals surface area contributed by atoms with Gasteiger partial charge in [-0.3, -0.25) is 24.3 Å². The fraction of sp³-hybridized carbons (Fsp3) is 0.346. The Morgan fingerprint density at radius 3 is 2.61 bits per heavy atom. The second kappa shape index (κ2) is 11.7. The first kappa shape index (κ1) is 27.8. The number of anilines is 2. The topological polar surface area (TPSA) is 115 Å². The van der Waals surface area contributed by atoms with Gasteiger partial charge in [-0.05, 0) is 104 Å². The van der Waals surface area contributed by atoms with Crippen LogP contribution in [0.1, 0.15) is 30.4 Å². The molecular weight excluding hydrogens is 541 g/mol. The van der Waals surface area contributed by atoms with Crippen LogP contribution in [0.4, 0.5) is 11.4 Å². The molecule has 38 heavy (non-hydrogen) atoms. The van der Waals surface area contributed by atoms with Gasteiger partial charge in [0, 0.05) is 24.1 Å². The number of sulfonamides is 1. The van der Waals surface area contributed by atoms with E-state index in [9.17, 15) is 13.2 Å². The van der Waals surface area contributed by atoms with E-state index in [0.29, 0.717) is 33.3 Å². The van der Waals surface area contributed by atoms with Crippen LogP contribution in [0.3, 0.4) is 0 Å². The molecule has 1 amide bonds. The fourth-order valence-electron chi connectivity index (χ4n) is 4.77. The lowest BCUT2D eigenvalue weighted by Crippen LogP contribution is -2.30. The summed E-state index contributed by atoms with van der Waals surface area (Å²) in [7, 11) is -1.37. The first-order valence-electron chi connectivity index (χ1n) is 12.3. The van der Waals surface area contributed by atoms with E-state index in [4.69, 9.17) is 24.4 Å². The van der Waals surface area contributed by atoms with E-state index in [1.807, 2.05) is 36.2 Å². The summed E-state index contributed by atoms with van der Waals surface area (Å²) < 4.78 is 27.8. The van der Waals surface area contributed by atoms with Crippen LogP contribution < -0.4 is 14.9 Å². The molecule has 1 heterocycles. The van der Waals surface area contributed by atoms with Gasteiger partial charge in [0.05, 0.1) is 18.5 Å². The van der Waals surface area contributed by atoms with Crippen molar-refractivity contribution in [3.05, 3.63) is 75.4 Å². The van der Waals surface area contributed by atoms with Gasteiger partial charge < -0.3 is 10.2 Å². The lowest BCUT2D eigenvalue weighted by molar-refractivity contribution is -0.114. The van der Waals surface area contributed by atoms with Gasteiger partial charge in [-0.15, -0.1) is 0 Å². The summed E-state index contributed by atoms with van der Waals surface area (Å²) in [5.41, 5.74) is 5.55. The molecule has 0 aliphatic heterocycles. The minimum absolute atomic E-state index is 0.131. The molecule has 1 aliphatic carbocycles. The number of aromatic nitrogens is 3. The number of fused-ring (bicyclic) bond motifs is 1. The highest BCUT2D eigenvalue weighted by Crippen LogP contribution is 2.31. The van der Waals surface area contributed by atoms with Crippen LogP contribution in [-0.2, 0) is 27.7 Å². The number of carbonyl (C=O) groups excluding carboxylic acids is 1. The number of carbonyl (C=O) groups is 1. The molecule has 1 aliphatic rings. The number of nitrogens with zero attached hydrogens (tertiary/aromatic N) is 2. The minimum Gasteiger partial charge on any atom is -0.365 e. The molecule has 0 saturated carbocycles. The third-order valence-electron chi connectivity index (χ3n) is 6.60. The zero-order valence-corrected chi connectivity index (χ0v) is 23.9. The molecule has 9 nitrogen and oxygen atoms in total. The Bertz CT molecular complexity index is 1540. The third-order valence-corrected chi connectivity index (χ3v) is 7.83. The summed E-state index contributed by atoms with van der Waals surface area (Å²) in [5.74, 6) is 0.356. The number of aromatic amines is 2. The van der Waals surface area contributed by atoms with Crippen molar-refractivity contribution in [1.29, 1.82) is 0 Å². The van der Waals surface area contributed by atoms with Gasteiger partial charge in [-0.2, -0.15) is 0 Å². The molecule has 1 atom stereocenters. The zero-order valence-electron chi connectivity index (χ0n) is 21.4. The van der Waals surface area contributed by atoms with Gasteiger partial charge in [0.15, 0.2) is 9.54 Å². The number of allylic oxidation sites excluding steroid dienone is 1. The van der Waals surface area contributed by atoms with Crippen LogP contribution in [0.15, 0.2) is 54.7 Å². The Balaban J connectivity index is 1.33. The van der Waals surface area contributed by atoms with Gasteiger partial charge >= 0.3 is 0 Å². The Labute approximate surface area is 233 Å². The molecule has 1 unspecified atom stereocenters. The molecular formula is C26H32N6O3S3. The molecule has 0 radical (unpaired) electrons. The molecule has 12 heteroatoms. The van der Waals surface area contributed by atoms with E-state index in [-0.39, 0.29) is 12.5 Å². The van der Waals surface area contributed by atoms with Crippen molar-refractivity contribution >= 4 is 51.7 Å². The average molecular weight is 573 g/mol. The van der Waals surface area contributed by atoms with Crippen molar-refractivity contribution in [2.24, 2.45) is 5.92 Å². The largest absolute Gasteiger partial charge is 0.365 e. The second-order valence-electron chi connectivity index (χ2n) is 9.73. The number of H-pyrrole nitrogens is 2. The van der Waals surface area contributed by atoms with Crippen LogP contribution >= 0.6 is 24.4 Å². The molecule has 0 bridgehead atoms. The third kappa shape index (κ3) is 7.21. The average Bonchev–Trinajstić information content (AvgIpc) is 3.19. The van der Waals surface area contributed by atoms with Crippen LogP contribution in [0.5, 0.6) is 0 Å². The molecule has 202 valence electrons. The minimum atomic E-state index is -3.27. The molecule has 4 rings (SSSR count). The predicted molar refractivity (Wildman–Crippen MR) is 156 cm³/mol. The highest BCUT2D eigenvalue weighted by Gasteiger charge is 2.20. The summed E-state index contributed by atoms with van der Waals surface area (Å²) in [6, 6.07) is 13.7. The van der Waals surface area contributed by atoms with Crippen LogP contribution in [0.25, 0.3) is 5.69 Å². The number of likely N-dealkylation sites (N-methyl/N-ethyl adjacent to an activating group) is 1. The standard InChI is InChI=1S/C26H32N6O3S3/c1-17(30-38(3,34)35)7-8-18-9-10-20-14-22(12-11-19(20)13-18)31(2)16-24(33)27-21-5-4-6-23(15-21)32-25(36)28-29-26(32)37/h4-6,11-12,14-15,18,30H,1,7-10,13,16H2,2-3H3,(H,27,33)(H,28,36)(H,29,37). The van der Waals surface area contributed by atoms with Gasteiger partial charge in [0.2, 0.25) is 15.9 Å². The second-order valence-corrected chi connectivity index (χ2v) is 12.3. The number of hydrogen-bond acceptors (Lipinski definition) is 6. The molecule has 0 saturated heterocycles. The molecule has 0 spiro atoms. The van der Waals surface area contributed by atoms with E-state index < -0.39 is 10.0 Å².